The predicted molar refractivity (Wildman–Crippen MR) is 152 cm³/mol. The molecule has 0 atom stereocenters. The number of aromatic nitrogens is 1. The fourth-order valence-electron chi connectivity index (χ4n) is 5.36. The Morgan fingerprint density at radius 3 is 2.41 bits per heavy atom. The zero-order valence-corrected chi connectivity index (χ0v) is 24.0. The van der Waals surface area contributed by atoms with Crippen LogP contribution >= 0.6 is 11.3 Å². The minimum absolute atomic E-state index is 0.0327. The SMILES string of the molecule is CC(C)(C)C#Cc1cc(N(C(=O)[C@H]2CC[C@H](C)CC2)[C@H]2CC[C@H](Oc3cccc(C#N)n3)CC2)c(C(=O)O)s1. The quantitative estimate of drug-likeness (QED) is 0.406. The average Bonchev–Trinajstić information content (AvgIpc) is 3.33. The van der Waals surface area contributed by atoms with Crippen molar-refractivity contribution in [2.24, 2.45) is 17.3 Å². The number of hydrogen-bond donors (Lipinski definition) is 1. The maximum atomic E-state index is 14.1. The predicted octanol–water partition coefficient (Wildman–Crippen LogP) is 6.66. The monoisotopic (exact) mass is 547 g/mol. The molecule has 0 unspecified atom stereocenters. The van der Waals surface area contributed by atoms with Crippen LogP contribution in [0.5, 0.6) is 5.88 Å². The molecule has 39 heavy (non-hydrogen) atoms. The van der Waals surface area contributed by atoms with Gasteiger partial charge in [-0.25, -0.2) is 9.78 Å². The third-order valence-electron chi connectivity index (χ3n) is 7.46. The van der Waals surface area contributed by atoms with Crippen LogP contribution in [0, 0.1) is 40.4 Å². The molecule has 2 fully saturated rings. The second-order valence-electron chi connectivity index (χ2n) is 11.8. The van der Waals surface area contributed by atoms with Gasteiger partial charge in [-0.05, 0) is 90.2 Å². The topological polar surface area (TPSA) is 104 Å². The highest BCUT2D eigenvalue weighted by molar-refractivity contribution is 7.15. The van der Waals surface area contributed by atoms with Crippen molar-refractivity contribution in [1.29, 1.82) is 5.26 Å². The number of carbonyl (C=O) groups excluding carboxylic acids is 1. The third-order valence-corrected chi connectivity index (χ3v) is 8.49. The number of nitriles is 1. The number of rotatable bonds is 6. The van der Waals surface area contributed by atoms with Gasteiger partial charge in [-0.15, -0.1) is 11.3 Å². The van der Waals surface area contributed by atoms with Gasteiger partial charge in [0.25, 0.3) is 0 Å². The summed E-state index contributed by atoms with van der Waals surface area (Å²) in [7, 11) is 0. The van der Waals surface area contributed by atoms with Crippen LogP contribution in [0.15, 0.2) is 24.3 Å². The van der Waals surface area contributed by atoms with E-state index in [1.54, 1.807) is 29.2 Å². The molecule has 2 aromatic heterocycles. The number of aromatic carboxylic acids is 1. The van der Waals surface area contributed by atoms with Crippen LogP contribution in [0.25, 0.3) is 0 Å². The minimum atomic E-state index is -1.03. The molecule has 0 aliphatic heterocycles. The summed E-state index contributed by atoms with van der Waals surface area (Å²) in [6, 6.07) is 8.85. The number of thiophene rings is 1. The van der Waals surface area contributed by atoms with Gasteiger partial charge in [0.15, 0.2) is 0 Å². The zero-order valence-electron chi connectivity index (χ0n) is 23.2. The zero-order chi connectivity index (χ0) is 28.2. The van der Waals surface area contributed by atoms with Crippen molar-refractivity contribution >= 4 is 28.9 Å². The lowest BCUT2D eigenvalue weighted by molar-refractivity contribution is -0.124. The Kier molecular flexibility index (Phi) is 8.97. The van der Waals surface area contributed by atoms with Crippen LogP contribution in [0.1, 0.15) is 99.3 Å². The van der Waals surface area contributed by atoms with E-state index >= 15 is 0 Å². The largest absolute Gasteiger partial charge is 0.477 e. The number of nitrogens with zero attached hydrogens (tertiary/aromatic N) is 3. The number of hydrogen-bond acceptors (Lipinski definition) is 6. The second-order valence-corrected chi connectivity index (χ2v) is 12.9. The summed E-state index contributed by atoms with van der Waals surface area (Å²) in [5, 5.41) is 19.2. The van der Waals surface area contributed by atoms with Crippen molar-refractivity contribution in [3.05, 3.63) is 39.7 Å². The molecule has 2 heterocycles. The molecule has 206 valence electrons. The summed E-state index contributed by atoms with van der Waals surface area (Å²) < 4.78 is 6.07. The second kappa shape index (κ2) is 12.2. The van der Waals surface area contributed by atoms with Crippen LogP contribution in [-0.2, 0) is 4.79 Å². The van der Waals surface area contributed by atoms with E-state index in [1.807, 2.05) is 26.8 Å². The Labute approximate surface area is 235 Å². The number of carbonyl (C=O) groups is 2. The number of ether oxygens (including phenoxy) is 1. The van der Waals surface area contributed by atoms with E-state index < -0.39 is 5.97 Å². The molecular formula is C31H37N3O4S. The van der Waals surface area contributed by atoms with E-state index in [-0.39, 0.29) is 34.3 Å². The van der Waals surface area contributed by atoms with Crippen LogP contribution in [0.4, 0.5) is 5.69 Å². The van der Waals surface area contributed by atoms with E-state index in [0.29, 0.717) is 53.7 Å². The molecule has 0 saturated heterocycles. The minimum Gasteiger partial charge on any atom is -0.477 e. The Hall–Kier alpha value is -3.36. The van der Waals surface area contributed by atoms with Gasteiger partial charge < -0.3 is 14.7 Å². The molecule has 1 amide bonds. The van der Waals surface area contributed by atoms with Gasteiger partial charge in [-0.3, -0.25) is 4.79 Å². The molecule has 0 spiro atoms. The molecule has 2 aliphatic rings. The summed E-state index contributed by atoms with van der Waals surface area (Å²) >= 11 is 1.14. The van der Waals surface area contributed by atoms with Crippen LogP contribution in [-0.4, -0.2) is 34.1 Å². The first kappa shape index (κ1) is 28.6. The normalized spacial score (nSPS) is 23.2. The molecule has 2 saturated carbocycles. The summed E-state index contributed by atoms with van der Waals surface area (Å²) in [5.74, 6) is 6.27. The van der Waals surface area contributed by atoms with E-state index in [1.165, 1.54) is 0 Å². The lowest BCUT2D eigenvalue weighted by atomic mass is 9.81. The van der Waals surface area contributed by atoms with Crippen molar-refractivity contribution in [3.8, 4) is 23.8 Å². The summed E-state index contributed by atoms with van der Waals surface area (Å²) in [5.41, 5.74) is 0.563. The van der Waals surface area contributed by atoms with E-state index in [2.05, 4.69) is 23.7 Å². The molecule has 0 radical (unpaired) electrons. The first-order chi connectivity index (χ1) is 18.5. The van der Waals surface area contributed by atoms with Crippen molar-refractivity contribution < 1.29 is 19.4 Å². The first-order valence-electron chi connectivity index (χ1n) is 13.8. The molecule has 1 N–H and O–H groups in total. The van der Waals surface area contributed by atoms with Gasteiger partial charge in [-0.1, -0.05) is 24.8 Å². The molecule has 2 aliphatic carbocycles. The highest BCUT2D eigenvalue weighted by Crippen LogP contribution is 2.39. The molecule has 0 bridgehead atoms. The van der Waals surface area contributed by atoms with Gasteiger partial charge >= 0.3 is 5.97 Å². The summed E-state index contributed by atoms with van der Waals surface area (Å²) in [6.45, 7) is 8.26. The lowest BCUT2D eigenvalue weighted by Crippen LogP contribution is -2.47. The van der Waals surface area contributed by atoms with Gasteiger partial charge in [0.05, 0.1) is 10.6 Å². The molecule has 2 aromatic rings. The fourth-order valence-corrected chi connectivity index (χ4v) is 6.20. The Morgan fingerprint density at radius 1 is 1.10 bits per heavy atom. The van der Waals surface area contributed by atoms with Gasteiger partial charge in [-0.2, -0.15) is 5.26 Å². The number of anilines is 1. The Bertz CT molecular complexity index is 1290. The number of carboxylic acid groups (broad SMARTS) is 1. The third kappa shape index (κ3) is 7.40. The van der Waals surface area contributed by atoms with Gasteiger partial charge in [0, 0.05) is 23.4 Å². The highest BCUT2D eigenvalue weighted by atomic mass is 32.1. The standard InChI is InChI=1S/C31H37N3O4S/c1-20-8-10-21(11-9-20)29(35)34(26-18-25(16-17-31(2,3)4)39-28(26)30(36)37)23-12-14-24(15-13-23)38-27-7-5-6-22(19-32)33-27/h5-7,18,20-21,23-24H,8-15H2,1-4H3,(H,36,37)/t20-,21-,23-,24-. The molecule has 8 heteroatoms. The van der Waals surface area contributed by atoms with E-state index in [9.17, 15) is 14.7 Å². The van der Waals surface area contributed by atoms with E-state index in [0.717, 1.165) is 37.0 Å². The molecule has 0 aromatic carbocycles. The van der Waals surface area contributed by atoms with Crippen LogP contribution in [0.3, 0.4) is 0 Å². The van der Waals surface area contributed by atoms with Crippen molar-refractivity contribution in [1.82, 2.24) is 4.98 Å². The highest BCUT2D eigenvalue weighted by Gasteiger charge is 2.38. The molecule has 7 nitrogen and oxygen atoms in total. The first-order valence-corrected chi connectivity index (χ1v) is 14.6. The Balaban J connectivity index is 1.60. The smallest absolute Gasteiger partial charge is 0.348 e. The summed E-state index contributed by atoms with van der Waals surface area (Å²) in [6.07, 6.45) is 6.40. The van der Waals surface area contributed by atoms with Crippen molar-refractivity contribution in [2.75, 3.05) is 4.90 Å². The fraction of sp³-hybridized carbons (Fsp3) is 0.548. The molecule has 4 rings (SSSR count). The van der Waals surface area contributed by atoms with E-state index in [4.69, 9.17) is 10.00 Å². The lowest BCUT2D eigenvalue weighted by Gasteiger charge is -2.39. The van der Waals surface area contributed by atoms with Crippen molar-refractivity contribution in [2.45, 2.75) is 91.2 Å². The van der Waals surface area contributed by atoms with Crippen molar-refractivity contribution in [3.63, 3.8) is 0 Å². The van der Waals surface area contributed by atoms with Crippen LogP contribution < -0.4 is 9.64 Å². The number of pyridine rings is 1. The Morgan fingerprint density at radius 2 is 1.79 bits per heavy atom. The maximum absolute atomic E-state index is 14.1. The van der Waals surface area contributed by atoms with Gasteiger partial charge in [0.2, 0.25) is 11.8 Å². The maximum Gasteiger partial charge on any atom is 0.348 e. The number of carboxylic acids is 1. The van der Waals surface area contributed by atoms with Crippen LogP contribution in [0.2, 0.25) is 0 Å². The summed E-state index contributed by atoms with van der Waals surface area (Å²) in [4.78, 5) is 33.3. The average molecular weight is 548 g/mol. The number of amides is 1. The van der Waals surface area contributed by atoms with Gasteiger partial charge in [0.1, 0.15) is 22.7 Å². The molecular weight excluding hydrogens is 510 g/mol.